The van der Waals surface area contributed by atoms with Gasteiger partial charge in [0.1, 0.15) is 6.61 Å². The predicted octanol–water partition coefficient (Wildman–Crippen LogP) is 5.67. The van der Waals surface area contributed by atoms with Crippen molar-refractivity contribution >= 4 is 17.7 Å². The van der Waals surface area contributed by atoms with E-state index < -0.39 is 29.6 Å². The SMILES string of the molecule is O=C(OCc1ccccc1)Oc1cc(C(F)(F)F)ccc1NC(=O)c1ccccc1. The first kappa shape index (κ1) is 20.9. The molecule has 0 aliphatic carbocycles. The third kappa shape index (κ3) is 5.60. The summed E-state index contributed by atoms with van der Waals surface area (Å²) in [5.41, 5.74) is -0.175. The van der Waals surface area contributed by atoms with Gasteiger partial charge in [-0.15, -0.1) is 0 Å². The zero-order valence-corrected chi connectivity index (χ0v) is 15.5. The number of hydrogen-bond donors (Lipinski definition) is 1. The second-order valence-corrected chi connectivity index (χ2v) is 6.16. The summed E-state index contributed by atoms with van der Waals surface area (Å²) in [5, 5.41) is 2.45. The summed E-state index contributed by atoms with van der Waals surface area (Å²) in [6.07, 6.45) is -5.86. The molecule has 0 fully saturated rings. The van der Waals surface area contributed by atoms with Crippen molar-refractivity contribution in [2.45, 2.75) is 12.8 Å². The van der Waals surface area contributed by atoms with E-state index in [1.165, 1.54) is 12.1 Å². The summed E-state index contributed by atoms with van der Waals surface area (Å²) >= 11 is 0. The highest BCUT2D eigenvalue weighted by molar-refractivity contribution is 6.05. The lowest BCUT2D eigenvalue weighted by molar-refractivity contribution is -0.137. The number of alkyl halides is 3. The summed E-state index contributed by atoms with van der Waals surface area (Å²) in [6, 6.07) is 19.2. The number of halogens is 3. The molecule has 8 heteroatoms. The molecule has 0 bridgehead atoms. The fourth-order valence-corrected chi connectivity index (χ4v) is 2.51. The molecule has 154 valence electrons. The van der Waals surface area contributed by atoms with Gasteiger partial charge in [-0.25, -0.2) is 4.79 Å². The van der Waals surface area contributed by atoms with Crippen LogP contribution in [-0.4, -0.2) is 12.1 Å². The molecule has 0 heterocycles. The van der Waals surface area contributed by atoms with Crippen LogP contribution in [0.4, 0.5) is 23.7 Å². The monoisotopic (exact) mass is 415 g/mol. The Balaban J connectivity index is 1.78. The number of nitrogens with one attached hydrogen (secondary N) is 1. The van der Waals surface area contributed by atoms with Crippen LogP contribution in [0.25, 0.3) is 0 Å². The Hall–Kier alpha value is -3.81. The number of benzene rings is 3. The maximum absolute atomic E-state index is 13.1. The molecule has 0 unspecified atom stereocenters. The second-order valence-electron chi connectivity index (χ2n) is 6.16. The van der Waals surface area contributed by atoms with Crippen LogP contribution < -0.4 is 10.1 Å². The number of ether oxygens (including phenoxy) is 2. The first-order chi connectivity index (χ1) is 14.3. The van der Waals surface area contributed by atoms with Gasteiger partial charge in [0.15, 0.2) is 5.75 Å². The standard InChI is InChI=1S/C22H16F3NO4/c23-22(24,25)17-11-12-18(26-20(27)16-9-5-2-6-10-16)19(13-17)30-21(28)29-14-15-7-3-1-4-8-15/h1-13H,14H2,(H,26,27). The van der Waals surface area contributed by atoms with Crippen LogP contribution in [0.2, 0.25) is 0 Å². The van der Waals surface area contributed by atoms with E-state index in [0.717, 1.165) is 12.1 Å². The predicted molar refractivity (Wildman–Crippen MR) is 103 cm³/mol. The first-order valence-corrected chi connectivity index (χ1v) is 8.79. The van der Waals surface area contributed by atoms with Gasteiger partial charge in [0, 0.05) is 5.56 Å². The average Bonchev–Trinajstić information content (AvgIpc) is 2.74. The van der Waals surface area contributed by atoms with Crippen LogP contribution in [0.1, 0.15) is 21.5 Å². The number of carbonyl (C=O) groups excluding carboxylic acids is 2. The number of hydrogen-bond acceptors (Lipinski definition) is 4. The van der Waals surface area contributed by atoms with Gasteiger partial charge in [-0.3, -0.25) is 4.79 Å². The van der Waals surface area contributed by atoms with Crippen molar-refractivity contribution < 1.29 is 32.2 Å². The highest BCUT2D eigenvalue weighted by Crippen LogP contribution is 2.35. The zero-order chi connectivity index (χ0) is 21.6. The molecule has 0 atom stereocenters. The van der Waals surface area contributed by atoms with Crippen molar-refractivity contribution in [3.05, 3.63) is 95.6 Å². The van der Waals surface area contributed by atoms with Gasteiger partial charge in [-0.1, -0.05) is 48.5 Å². The fraction of sp³-hybridized carbons (Fsp3) is 0.0909. The Labute approximate surface area is 170 Å². The van der Waals surface area contributed by atoms with Gasteiger partial charge in [0.25, 0.3) is 5.91 Å². The molecule has 0 radical (unpaired) electrons. The zero-order valence-electron chi connectivity index (χ0n) is 15.5. The maximum Gasteiger partial charge on any atom is 0.514 e. The van der Waals surface area contributed by atoms with Gasteiger partial charge in [0.05, 0.1) is 11.3 Å². The third-order valence-electron chi connectivity index (χ3n) is 3.99. The maximum atomic E-state index is 13.1. The van der Waals surface area contributed by atoms with Gasteiger partial charge < -0.3 is 14.8 Å². The molecule has 1 N–H and O–H groups in total. The minimum atomic E-state index is -4.66. The van der Waals surface area contributed by atoms with E-state index in [-0.39, 0.29) is 17.9 Å². The van der Waals surface area contributed by atoms with Crippen molar-refractivity contribution in [3.63, 3.8) is 0 Å². The van der Waals surface area contributed by atoms with Gasteiger partial charge in [-0.2, -0.15) is 13.2 Å². The van der Waals surface area contributed by atoms with Gasteiger partial charge in [-0.05, 0) is 35.9 Å². The second kappa shape index (κ2) is 9.13. The molecular weight excluding hydrogens is 399 g/mol. The number of amides is 1. The fourth-order valence-electron chi connectivity index (χ4n) is 2.51. The normalized spacial score (nSPS) is 10.9. The number of anilines is 1. The van der Waals surface area contributed by atoms with Crippen LogP contribution in [0.3, 0.4) is 0 Å². The Bertz CT molecular complexity index is 1020. The highest BCUT2D eigenvalue weighted by atomic mass is 19.4. The lowest BCUT2D eigenvalue weighted by Gasteiger charge is -2.14. The van der Waals surface area contributed by atoms with Crippen LogP contribution in [0.5, 0.6) is 5.75 Å². The van der Waals surface area contributed by atoms with E-state index in [2.05, 4.69) is 5.32 Å². The summed E-state index contributed by atoms with van der Waals surface area (Å²) in [7, 11) is 0. The quantitative estimate of drug-likeness (QED) is 0.431. The molecule has 1 amide bonds. The summed E-state index contributed by atoms with van der Waals surface area (Å²) in [4.78, 5) is 24.4. The lowest BCUT2D eigenvalue weighted by atomic mass is 10.1. The third-order valence-corrected chi connectivity index (χ3v) is 3.99. The van der Waals surface area contributed by atoms with Crippen LogP contribution in [-0.2, 0) is 17.5 Å². The molecular formula is C22H16F3NO4. The minimum Gasteiger partial charge on any atom is -0.429 e. The van der Waals surface area contributed by atoms with Crippen LogP contribution >= 0.6 is 0 Å². The molecule has 3 aromatic carbocycles. The largest absolute Gasteiger partial charge is 0.514 e. The Morgan fingerprint density at radius 2 is 1.50 bits per heavy atom. The van der Waals surface area contributed by atoms with Crippen LogP contribution in [0.15, 0.2) is 78.9 Å². The molecule has 0 saturated carbocycles. The van der Waals surface area contributed by atoms with E-state index in [9.17, 15) is 22.8 Å². The van der Waals surface area contributed by atoms with Crippen LogP contribution in [0, 0.1) is 0 Å². The Morgan fingerprint density at radius 1 is 0.867 bits per heavy atom. The van der Waals surface area contributed by atoms with Gasteiger partial charge >= 0.3 is 12.3 Å². The first-order valence-electron chi connectivity index (χ1n) is 8.79. The molecule has 30 heavy (non-hydrogen) atoms. The van der Waals surface area contributed by atoms with E-state index in [0.29, 0.717) is 11.6 Å². The van der Waals surface area contributed by atoms with Crippen molar-refractivity contribution in [2.24, 2.45) is 0 Å². The van der Waals surface area contributed by atoms with E-state index in [1.807, 2.05) is 0 Å². The van der Waals surface area contributed by atoms with Crippen molar-refractivity contribution in [3.8, 4) is 5.75 Å². The topological polar surface area (TPSA) is 64.6 Å². The Morgan fingerprint density at radius 3 is 2.13 bits per heavy atom. The van der Waals surface area contributed by atoms with Crippen molar-refractivity contribution in [1.29, 1.82) is 0 Å². The molecule has 3 aromatic rings. The lowest BCUT2D eigenvalue weighted by Crippen LogP contribution is -2.16. The van der Waals surface area contributed by atoms with Crippen molar-refractivity contribution in [1.82, 2.24) is 0 Å². The van der Waals surface area contributed by atoms with E-state index in [1.54, 1.807) is 48.5 Å². The Kier molecular flexibility index (Phi) is 6.36. The van der Waals surface area contributed by atoms with Gasteiger partial charge in [0.2, 0.25) is 0 Å². The average molecular weight is 415 g/mol. The number of rotatable bonds is 5. The number of carbonyl (C=O) groups is 2. The minimum absolute atomic E-state index is 0.103. The molecule has 0 aliphatic rings. The molecule has 0 saturated heterocycles. The summed E-state index contributed by atoms with van der Waals surface area (Å²) < 4.78 is 49.1. The molecule has 0 aliphatic heterocycles. The summed E-state index contributed by atoms with van der Waals surface area (Å²) in [5.74, 6) is -1.05. The smallest absolute Gasteiger partial charge is 0.429 e. The summed E-state index contributed by atoms with van der Waals surface area (Å²) in [6.45, 7) is -0.121. The molecule has 3 rings (SSSR count). The molecule has 5 nitrogen and oxygen atoms in total. The van der Waals surface area contributed by atoms with E-state index >= 15 is 0 Å². The highest BCUT2D eigenvalue weighted by Gasteiger charge is 2.32. The van der Waals surface area contributed by atoms with Crippen molar-refractivity contribution in [2.75, 3.05) is 5.32 Å². The molecule has 0 spiro atoms. The van der Waals surface area contributed by atoms with E-state index in [4.69, 9.17) is 9.47 Å². The molecule has 0 aromatic heterocycles.